The summed E-state index contributed by atoms with van der Waals surface area (Å²) in [5.74, 6) is 2.73. The average molecular weight is 515 g/mol. The molecule has 0 amide bonds. The van der Waals surface area contributed by atoms with Crippen LogP contribution < -0.4 is 5.32 Å². The van der Waals surface area contributed by atoms with Crippen molar-refractivity contribution in [1.82, 2.24) is 10.2 Å². The summed E-state index contributed by atoms with van der Waals surface area (Å²) in [4.78, 5) is 7.13. The van der Waals surface area contributed by atoms with E-state index in [2.05, 4.69) is 28.6 Å². The monoisotopic (exact) mass is 515 g/mol. The van der Waals surface area contributed by atoms with Crippen LogP contribution in [0.1, 0.15) is 19.3 Å². The fourth-order valence-electron chi connectivity index (χ4n) is 3.73. The molecule has 3 fully saturated rings. The summed E-state index contributed by atoms with van der Waals surface area (Å²) in [6.45, 7) is 8.66. The van der Waals surface area contributed by atoms with Gasteiger partial charge >= 0.3 is 0 Å². The summed E-state index contributed by atoms with van der Waals surface area (Å²) in [6.07, 6.45) is 4.74. The lowest BCUT2D eigenvalue weighted by atomic mass is 9.98. The van der Waals surface area contributed by atoms with Crippen molar-refractivity contribution in [3.05, 3.63) is 12.7 Å². The van der Waals surface area contributed by atoms with E-state index in [9.17, 15) is 8.42 Å². The molecule has 1 atom stereocenters. The summed E-state index contributed by atoms with van der Waals surface area (Å²) < 4.78 is 29.1. The van der Waals surface area contributed by atoms with Gasteiger partial charge in [0, 0.05) is 49.9 Å². The molecule has 26 heavy (non-hydrogen) atoms. The molecule has 0 bridgehead atoms. The van der Waals surface area contributed by atoms with Gasteiger partial charge < -0.3 is 15.0 Å². The van der Waals surface area contributed by atoms with E-state index < -0.39 is 9.84 Å². The van der Waals surface area contributed by atoms with Gasteiger partial charge in [-0.2, -0.15) is 11.8 Å². The number of guanidine groups is 1. The molecule has 3 heterocycles. The van der Waals surface area contributed by atoms with Crippen molar-refractivity contribution >= 4 is 51.5 Å². The molecule has 0 saturated carbocycles. The zero-order valence-corrected chi connectivity index (χ0v) is 19.2. The maximum Gasteiger partial charge on any atom is 0.194 e. The smallest absolute Gasteiger partial charge is 0.194 e. The minimum atomic E-state index is -2.84. The Morgan fingerprint density at radius 3 is 2.85 bits per heavy atom. The molecule has 0 aromatic rings. The lowest BCUT2D eigenvalue weighted by Crippen LogP contribution is -2.54. The van der Waals surface area contributed by atoms with Gasteiger partial charge in [0.15, 0.2) is 15.8 Å². The largest absolute Gasteiger partial charge is 0.381 e. The second-order valence-electron chi connectivity index (χ2n) is 7.17. The highest BCUT2D eigenvalue weighted by Crippen LogP contribution is 2.39. The van der Waals surface area contributed by atoms with Crippen LogP contribution in [-0.4, -0.2) is 80.7 Å². The molecule has 0 aromatic heterocycles. The Morgan fingerprint density at radius 1 is 1.42 bits per heavy atom. The van der Waals surface area contributed by atoms with Gasteiger partial charge in [-0.3, -0.25) is 4.99 Å². The van der Waals surface area contributed by atoms with Crippen LogP contribution in [0.25, 0.3) is 0 Å². The highest BCUT2D eigenvalue weighted by molar-refractivity contribution is 14.0. The fraction of sp³-hybridized carbons (Fsp3) is 0.824. The summed E-state index contributed by atoms with van der Waals surface area (Å²) in [6, 6.07) is 0. The molecule has 6 nitrogen and oxygen atoms in total. The molecule has 1 unspecified atom stereocenters. The fourth-order valence-corrected chi connectivity index (χ4v) is 7.03. The van der Waals surface area contributed by atoms with E-state index in [1.807, 2.05) is 6.08 Å². The van der Waals surface area contributed by atoms with Crippen LogP contribution in [0.15, 0.2) is 17.6 Å². The highest BCUT2D eigenvalue weighted by atomic mass is 127. The zero-order valence-electron chi connectivity index (χ0n) is 15.2. The lowest BCUT2D eigenvalue weighted by Gasteiger charge is -2.45. The maximum atomic E-state index is 11.7. The summed E-state index contributed by atoms with van der Waals surface area (Å²) in [5, 5.41) is 3.37. The molecular formula is C17H30IN3O3S2. The van der Waals surface area contributed by atoms with Crippen LogP contribution in [0.4, 0.5) is 0 Å². The maximum absolute atomic E-state index is 11.7. The molecule has 150 valence electrons. The minimum Gasteiger partial charge on any atom is -0.381 e. The van der Waals surface area contributed by atoms with Crippen molar-refractivity contribution in [3.63, 3.8) is 0 Å². The van der Waals surface area contributed by atoms with Crippen molar-refractivity contribution in [2.75, 3.05) is 56.7 Å². The van der Waals surface area contributed by atoms with Gasteiger partial charge in [0.2, 0.25) is 0 Å². The number of nitrogens with zero attached hydrogens (tertiary/aromatic N) is 2. The Kier molecular flexibility index (Phi) is 8.55. The van der Waals surface area contributed by atoms with Crippen molar-refractivity contribution in [3.8, 4) is 0 Å². The van der Waals surface area contributed by atoms with Gasteiger partial charge in [0.1, 0.15) is 0 Å². The van der Waals surface area contributed by atoms with Gasteiger partial charge in [-0.05, 0) is 25.2 Å². The van der Waals surface area contributed by atoms with Crippen LogP contribution in [0, 0.1) is 5.92 Å². The van der Waals surface area contributed by atoms with E-state index in [0.29, 0.717) is 18.8 Å². The number of halogens is 1. The predicted octanol–water partition coefficient (Wildman–Crippen LogP) is 1.77. The van der Waals surface area contributed by atoms with Gasteiger partial charge in [-0.25, -0.2) is 8.42 Å². The number of sulfone groups is 1. The van der Waals surface area contributed by atoms with Crippen LogP contribution in [0.2, 0.25) is 0 Å². The van der Waals surface area contributed by atoms with Crippen molar-refractivity contribution in [2.24, 2.45) is 10.9 Å². The molecule has 3 saturated heterocycles. The number of hydrogen-bond acceptors (Lipinski definition) is 5. The number of hydrogen-bond donors (Lipinski definition) is 1. The van der Waals surface area contributed by atoms with Crippen LogP contribution >= 0.6 is 35.7 Å². The summed E-state index contributed by atoms with van der Waals surface area (Å²) >= 11 is 2.07. The Bertz CT molecular complexity index is 601. The third-order valence-electron chi connectivity index (χ3n) is 5.18. The molecule has 3 rings (SSSR count). The third kappa shape index (κ3) is 6.00. The lowest BCUT2D eigenvalue weighted by molar-refractivity contribution is 0.0699. The number of thioether (sulfide) groups is 1. The van der Waals surface area contributed by atoms with Crippen LogP contribution in [-0.2, 0) is 14.6 Å². The minimum absolute atomic E-state index is 0. The van der Waals surface area contributed by atoms with Gasteiger partial charge in [0.25, 0.3) is 0 Å². The standard InChI is InChI=1S/C17H29N3O3S2.HI/c1-2-6-18-16(19-12-15-3-11-25(21,22)13-15)20-7-10-24-17(14-20)4-8-23-9-5-17;/h2,15H,1,3-14H2,(H,18,19);1H. The highest BCUT2D eigenvalue weighted by Gasteiger charge is 2.38. The first kappa shape index (κ1) is 22.3. The third-order valence-corrected chi connectivity index (χ3v) is 8.56. The number of aliphatic imine (C=N–C) groups is 1. The first-order valence-corrected chi connectivity index (χ1v) is 11.9. The van der Waals surface area contributed by atoms with Crippen LogP contribution in [0.3, 0.4) is 0 Å². The molecule has 3 aliphatic heterocycles. The first-order chi connectivity index (χ1) is 12.0. The topological polar surface area (TPSA) is 71.0 Å². The second kappa shape index (κ2) is 9.97. The Hall–Kier alpha value is -0.000000000000000111. The molecule has 9 heteroatoms. The molecule has 0 aromatic carbocycles. The van der Waals surface area contributed by atoms with Crippen molar-refractivity contribution < 1.29 is 13.2 Å². The van der Waals surface area contributed by atoms with E-state index >= 15 is 0 Å². The van der Waals surface area contributed by atoms with Crippen molar-refractivity contribution in [2.45, 2.75) is 24.0 Å². The first-order valence-electron chi connectivity index (χ1n) is 9.08. The summed E-state index contributed by atoms with van der Waals surface area (Å²) in [7, 11) is -2.84. The Morgan fingerprint density at radius 2 is 2.19 bits per heavy atom. The van der Waals surface area contributed by atoms with Crippen LogP contribution in [0.5, 0.6) is 0 Å². The molecule has 0 aliphatic carbocycles. The number of rotatable bonds is 4. The number of nitrogens with one attached hydrogen (secondary N) is 1. The van der Waals surface area contributed by atoms with E-state index in [1.165, 1.54) is 0 Å². The van der Waals surface area contributed by atoms with Crippen molar-refractivity contribution in [1.29, 1.82) is 0 Å². The molecular weight excluding hydrogens is 485 g/mol. The molecule has 3 aliphatic rings. The van der Waals surface area contributed by atoms with Gasteiger partial charge in [0.05, 0.1) is 11.5 Å². The van der Waals surface area contributed by atoms with Gasteiger partial charge in [-0.1, -0.05) is 6.08 Å². The predicted molar refractivity (Wildman–Crippen MR) is 119 cm³/mol. The zero-order chi connectivity index (χ0) is 17.8. The molecule has 0 radical (unpaired) electrons. The van der Waals surface area contributed by atoms with E-state index in [-0.39, 0.29) is 40.4 Å². The molecule has 1 spiro atoms. The van der Waals surface area contributed by atoms with Gasteiger partial charge in [-0.15, -0.1) is 30.6 Å². The molecule has 1 N–H and O–H groups in total. The normalized spacial score (nSPS) is 27.8. The SMILES string of the molecule is C=CCNC(=NCC1CCS(=O)(=O)C1)N1CCSC2(CCOCC2)C1.I. The quantitative estimate of drug-likeness (QED) is 0.267. The average Bonchev–Trinajstić information content (AvgIpc) is 2.95. The second-order valence-corrected chi connectivity index (χ2v) is 11.0. The Balaban J connectivity index is 0.00000243. The Labute approximate surface area is 178 Å². The summed E-state index contributed by atoms with van der Waals surface area (Å²) in [5.41, 5.74) is 0. The number of ether oxygens (including phenoxy) is 1. The van der Waals surface area contributed by atoms with E-state index in [1.54, 1.807) is 0 Å². The van der Waals surface area contributed by atoms with E-state index in [4.69, 9.17) is 9.73 Å². The van der Waals surface area contributed by atoms with E-state index in [0.717, 1.165) is 57.3 Å².